The number of ether oxygens (including phenoxy) is 1. The Labute approximate surface area is 198 Å². The first-order valence-corrected chi connectivity index (χ1v) is 10.3. The Morgan fingerprint density at radius 3 is 2.29 bits per heavy atom. The number of anilines is 1. The molecular formula is C24H19ClF3N3O3. The number of alkyl halides is 3. The summed E-state index contributed by atoms with van der Waals surface area (Å²) >= 11 is 5.86. The van der Waals surface area contributed by atoms with Gasteiger partial charge >= 0.3 is 18.0 Å². The molecule has 10 heteroatoms. The Bertz CT molecular complexity index is 1190. The van der Waals surface area contributed by atoms with E-state index in [1.54, 1.807) is 43.3 Å². The number of carbonyl (C=O) groups excluding carboxylic acids is 2. The van der Waals surface area contributed by atoms with Crippen LogP contribution < -0.4 is 15.5 Å². The van der Waals surface area contributed by atoms with Crippen LogP contribution in [0.5, 0.6) is 5.75 Å². The summed E-state index contributed by atoms with van der Waals surface area (Å²) in [6, 6.07) is 18.1. The Morgan fingerprint density at radius 2 is 1.65 bits per heavy atom. The fraction of sp³-hybridized carbons (Fsp3) is 0.125. The smallest absolute Gasteiger partial charge is 0.416 e. The lowest BCUT2D eigenvalue weighted by Gasteiger charge is -2.09. The quantitative estimate of drug-likeness (QED) is 0.276. The Balaban J connectivity index is 1.54. The van der Waals surface area contributed by atoms with Gasteiger partial charge in [-0.3, -0.25) is 9.59 Å². The van der Waals surface area contributed by atoms with Crippen molar-refractivity contribution in [2.24, 2.45) is 5.10 Å². The molecule has 176 valence electrons. The normalized spacial score (nSPS) is 11.6. The first kappa shape index (κ1) is 24.8. The Hall–Kier alpha value is -3.85. The van der Waals surface area contributed by atoms with Gasteiger partial charge in [0.25, 0.3) is 0 Å². The van der Waals surface area contributed by atoms with Crippen LogP contribution in [0, 0.1) is 0 Å². The minimum atomic E-state index is -4.57. The van der Waals surface area contributed by atoms with Gasteiger partial charge < -0.3 is 10.1 Å². The maximum atomic E-state index is 12.8. The summed E-state index contributed by atoms with van der Waals surface area (Å²) in [5.74, 6) is -1.66. The van der Waals surface area contributed by atoms with Gasteiger partial charge in [-0.15, -0.1) is 0 Å². The zero-order chi connectivity index (χ0) is 24.7. The molecule has 3 aromatic carbocycles. The van der Waals surface area contributed by atoms with Gasteiger partial charge in [0.1, 0.15) is 12.4 Å². The molecule has 3 aromatic rings. The van der Waals surface area contributed by atoms with Crippen molar-refractivity contribution >= 4 is 34.8 Å². The van der Waals surface area contributed by atoms with Crippen molar-refractivity contribution in [3.05, 3.63) is 94.5 Å². The maximum absolute atomic E-state index is 12.8. The summed E-state index contributed by atoms with van der Waals surface area (Å²) in [6.45, 7) is 1.98. The molecule has 3 rings (SSSR count). The van der Waals surface area contributed by atoms with E-state index in [0.29, 0.717) is 28.7 Å². The van der Waals surface area contributed by atoms with Gasteiger partial charge in [-0.1, -0.05) is 29.8 Å². The third-order valence-electron chi connectivity index (χ3n) is 4.57. The lowest BCUT2D eigenvalue weighted by molar-refractivity contribution is -0.137. The molecule has 0 saturated heterocycles. The maximum Gasteiger partial charge on any atom is 0.416 e. The summed E-state index contributed by atoms with van der Waals surface area (Å²) in [5, 5.41) is 6.62. The first-order valence-electron chi connectivity index (χ1n) is 9.92. The molecule has 0 saturated carbocycles. The van der Waals surface area contributed by atoms with Crippen molar-refractivity contribution in [3.8, 4) is 5.75 Å². The van der Waals surface area contributed by atoms with E-state index in [1.807, 2.05) is 12.1 Å². The number of halogens is 4. The topological polar surface area (TPSA) is 79.8 Å². The van der Waals surface area contributed by atoms with Crippen LogP contribution in [0.4, 0.5) is 18.9 Å². The Morgan fingerprint density at radius 1 is 0.971 bits per heavy atom. The molecule has 2 N–H and O–H groups in total. The van der Waals surface area contributed by atoms with Crippen molar-refractivity contribution in [3.63, 3.8) is 0 Å². The van der Waals surface area contributed by atoms with Crippen LogP contribution in [-0.2, 0) is 22.4 Å². The summed E-state index contributed by atoms with van der Waals surface area (Å²) in [4.78, 5) is 24.0. The molecule has 0 aliphatic carbocycles. The molecule has 0 aliphatic rings. The predicted octanol–water partition coefficient (Wildman–Crippen LogP) is 5.42. The van der Waals surface area contributed by atoms with E-state index in [0.717, 1.165) is 23.8 Å². The highest BCUT2D eigenvalue weighted by atomic mass is 35.5. The van der Waals surface area contributed by atoms with E-state index >= 15 is 0 Å². The molecule has 0 aliphatic heterocycles. The molecule has 0 unspecified atom stereocenters. The standard InChI is InChI=1S/C24H19ClF3N3O3/c1-15(17-7-11-21(12-8-17)34-14-16-5-9-19(25)10-6-16)30-31-23(33)22(32)29-20-4-2-3-18(13-20)24(26,27)28/h2-13H,14H2,1H3,(H,29,32)(H,31,33)/b30-15+. The van der Waals surface area contributed by atoms with Gasteiger partial charge in [0.2, 0.25) is 0 Å². The van der Waals surface area contributed by atoms with Gasteiger partial charge in [-0.25, -0.2) is 5.43 Å². The van der Waals surface area contributed by atoms with Crippen molar-refractivity contribution in [1.29, 1.82) is 0 Å². The number of nitrogens with zero attached hydrogens (tertiary/aromatic N) is 1. The molecular weight excluding hydrogens is 471 g/mol. The molecule has 0 bridgehead atoms. The fourth-order valence-corrected chi connectivity index (χ4v) is 2.88. The second-order valence-electron chi connectivity index (χ2n) is 7.11. The zero-order valence-corrected chi connectivity index (χ0v) is 18.6. The third kappa shape index (κ3) is 7.08. The van der Waals surface area contributed by atoms with Crippen LogP contribution in [0.15, 0.2) is 77.9 Å². The zero-order valence-electron chi connectivity index (χ0n) is 17.8. The molecule has 34 heavy (non-hydrogen) atoms. The second-order valence-corrected chi connectivity index (χ2v) is 7.55. The fourth-order valence-electron chi connectivity index (χ4n) is 2.75. The highest BCUT2D eigenvalue weighted by Gasteiger charge is 2.30. The molecule has 0 heterocycles. The monoisotopic (exact) mass is 489 g/mol. The van der Waals surface area contributed by atoms with Gasteiger partial charge in [0.15, 0.2) is 0 Å². The molecule has 0 aromatic heterocycles. The van der Waals surface area contributed by atoms with Gasteiger partial charge in [-0.2, -0.15) is 18.3 Å². The highest BCUT2D eigenvalue weighted by molar-refractivity contribution is 6.39. The minimum Gasteiger partial charge on any atom is -0.489 e. The molecule has 6 nitrogen and oxygen atoms in total. The van der Waals surface area contributed by atoms with Crippen molar-refractivity contribution in [1.82, 2.24) is 5.43 Å². The van der Waals surface area contributed by atoms with Crippen molar-refractivity contribution in [2.45, 2.75) is 19.7 Å². The van der Waals surface area contributed by atoms with Crippen LogP contribution in [0.1, 0.15) is 23.6 Å². The largest absolute Gasteiger partial charge is 0.489 e. The summed E-state index contributed by atoms with van der Waals surface area (Å²) in [5.41, 5.74) is 3.00. The lowest BCUT2D eigenvalue weighted by Crippen LogP contribution is -2.33. The SMILES string of the molecule is C/C(=N\NC(=O)C(=O)Nc1cccc(C(F)(F)F)c1)c1ccc(OCc2ccc(Cl)cc2)cc1. The minimum absolute atomic E-state index is 0.162. The van der Waals surface area contributed by atoms with E-state index in [4.69, 9.17) is 16.3 Å². The van der Waals surface area contributed by atoms with Crippen molar-refractivity contribution < 1.29 is 27.5 Å². The molecule has 2 amide bonds. The van der Waals surface area contributed by atoms with Crippen LogP contribution >= 0.6 is 11.6 Å². The Kier molecular flexibility index (Phi) is 7.91. The predicted molar refractivity (Wildman–Crippen MR) is 123 cm³/mol. The number of benzene rings is 3. The van der Waals surface area contributed by atoms with E-state index in [-0.39, 0.29) is 5.69 Å². The number of hydrazone groups is 1. The van der Waals surface area contributed by atoms with Crippen LogP contribution in [0.25, 0.3) is 0 Å². The molecule has 0 fully saturated rings. The average molecular weight is 490 g/mol. The van der Waals surface area contributed by atoms with Crippen LogP contribution in [0.2, 0.25) is 5.02 Å². The van der Waals surface area contributed by atoms with Gasteiger partial charge in [-0.05, 0) is 72.6 Å². The van der Waals surface area contributed by atoms with Crippen molar-refractivity contribution in [2.75, 3.05) is 5.32 Å². The number of nitrogens with one attached hydrogen (secondary N) is 2. The molecule has 0 spiro atoms. The first-order chi connectivity index (χ1) is 16.1. The second kappa shape index (κ2) is 10.8. The highest BCUT2D eigenvalue weighted by Crippen LogP contribution is 2.30. The van der Waals surface area contributed by atoms with E-state index < -0.39 is 23.6 Å². The molecule has 0 atom stereocenters. The van der Waals surface area contributed by atoms with E-state index in [9.17, 15) is 22.8 Å². The average Bonchev–Trinajstić information content (AvgIpc) is 2.82. The van der Waals surface area contributed by atoms with E-state index in [1.165, 1.54) is 6.07 Å². The summed E-state index contributed by atoms with van der Waals surface area (Å²) < 4.78 is 44.0. The van der Waals surface area contributed by atoms with Crippen LogP contribution in [0.3, 0.4) is 0 Å². The number of hydrogen-bond donors (Lipinski definition) is 2. The van der Waals surface area contributed by atoms with Gasteiger partial charge in [0, 0.05) is 10.7 Å². The van der Waals surface area contributed by atoms with Crippen LogP contribution in [-0.4, -0.2) is 17.5 Å². The number of rotatable bonds is 6. The lowest BCUT2D eigenvalue weighted by atomic mass is 10.1. The summed E-state index contributed by atoms with van der Waals surface area (Å²) in [6.07, 6.45) is -4.57. The van der Waals surface area contributed by atoms with Gasteiger partial charge in [0.05, 0.1) is 11.3 Å². The molecule has 0 radical (unpaired) electrons. The summed E-state index contributed by atoms with van der Waals surface area (Å²) in [7, 11) is 0. The third-order valence-corrected chi connectivity index (χ3v) is 4.82. The number of hydrogen-bond acceptors (Lipinski definition) is 4. The number of carbonyl (C=O) groups is 2. The van der Waals surface area contributed by atoms with E-state index in [2.05, 4.69) is 15.8 Å². The number of amides is 2.